The molecule has 1 heterocycles. The summed E-state index contributed by atoms with van der Waals surface area (Å²) < 4.78 is 40.4. The van der Waals surface area contributed by atoms with E-state index in [0.717, 1.165) is 12.8 Å². The summed E-state index contributed by atoms with van der Waals surface area (Å²) in [7, 11) is 0. The highest BCUT2D eigenvalue weighted by atomic mass is 79.9. The van der Waals surface area contributed by atoms with Gasteiger partial charge in [-0.2, -0.15) is 18.3 Å². The number of para-hydroxylation sites is 1. The van der Waals surface area contributed by atoms with Crippen LogP contribution in [0, 0.1) is 0 Å². The van der Waals surface area contributed by atoms with Gasteiger partial charge in [-0.3, -0.25) is 9.48 Å². The minimum absolute atomic E-state index is 0.000896. The Bertz CT molecular complexity index is 739. The number of aromatic nitrogens is 2. The van der Waals surface area contributed by atoms with Crippen molar-refractivity contribution in [2.75, 3.05) is 5.32 Å². The van der Waals surface area contributed by atoms with Gasteiger partial charge in [0.15, 0.2) is 5.69 Å². The molecule has 8 heteroatoms. The molecule has 2 aromatic rings. The van der Waals surface area contributed by atoms with Crippen molar-refractivity contribution in [3.63, 3.8) is 0 Å². The maximum Gasteiger partial charge on any atom is 0.436 e. The van der Waals surface area contributed by atoms with Crippen LogP contribution in [-0.4, -0.2) is 15.7 Å². The van der Waals surface area contributed by atoms with Crippen molar-refractivity contribution in [3.05, 3.63) is 46.2 Å². The zero-order valence-electron chi connectivity index (χ0n) is 12.6. The zero-order chi connectivity index (χ0) is 17.3. The van der Waals surface area contributed by atoms with Gasteiger partial charge in [-0.05, 0) is 40.9 Å². The summed E-state index contributed by atoms with van der Waals surface area (Å²) in [5, 5.41) is 6.40. The Balaban J connectivity index is 1.72. The van der Waals surface area contributed by atoms with Gasteiger partial charge in [0.2, 0.25) is 5.91 Å². The van der Waals surface area contributed by atoms with Crippen LogP contribution in [0.25, 0.3) is 0 Å². The highest BCUT2D eigenvalue weighted by Crippen LogP contribution is 2.47. The fourth-order valence-electron chi connectivity index (χ4n) is 2.50. The van der Waals surface area contributed by atoms with Crippen LogP contribution in [0.1, 0.15) is 36.6 Å². The van der Waals surface area contributed by atoms with Gasteiger partial charge in [-0.1, -0.05) is 18.2 Å². The van der Waals surface area contributed by atoms with Crippen LogP contribution in [0.2, 0.25) is 0 Å². The summed E-state index contributed by atoms with van der Waals surface area (Å²) in [6.45, 7) is 0.110. The number of benzene rings is 1. The Morgan fingerprint density at radius 2 is 1.96 bits per heavy atom. The number of nitrogens with zero attached hydrogens (tertiary/aromatic N) is 2. The molecule has 3 rings (SSSR count). The van der Waals surface area contributed by atoms with Crippen molar-refractivity contribution in [1.29, 1.82) is 0 Å². The number of anilines is 1. The Hall–Kier alpha value is -1.83. The fraction of sp³-hybridized carbons (Fsp3) is 0.375. The van der Waals surface area contributed by atoms with Crippen LogP contribution in [0.4, 0.5) is 18.9 Å². The number of hydrogen-bond donors (Lipinski definition) is 1. The number of nitrogens with one attached hydrogen (secondary N) is 1. The predicted molar refractivity (Wildman–Crippen MR) is 86.6 cm³/mol. The SMILES string of the molecule is O=C(CCn1nc(C(F)(F)F)c(Br)c1C1CC1)Nc1ccccc1. The minimum atomic E-state index is -4.51. The molecule has 4 nitrogen and oxygen atoms in total. The van der Waals surface area contributed by atoms with E-state index in [0.29, 0.717) is 11.4 Å². The third kappa shape index (κ3) is 3.80. The largest absolute Gasteiger partial charge is 0.436 e. The summed E-state index contributed by atoms with van der Waals surface area (Å²) in [6.07, 6.45) is -2.77. The number of carbonyl (C=O) groups excluding carboxylic acids is 1. The van der Waals surface area contributed by atoms with Gasteiger partial charge >= 0.3 is 6.18 Å². The van der Waals surface area contributed by atoms with Crippen LogP contribution in [0.3, 0.4) is 0 Å². The zero-order valence-corrected chi connectivity index (χ0v) is 14.2. The lowest BCUT2D eigenvalue weighted by molar-refractivity contribution is -0.142. The molecule has 1 fully saturated rings. The molecule has 24 heavy (non-hydrogen) atoms. The number of halogens is 4. The average molecular weight is 402 g/mol. The molecule has 0 unspecified atom stereocenters. The molecule has 1 amide bonds. The summed E-state index contributed by atoms with van der Waals surface area (Å²) >= 11 is 3.04. The Kier molecular flexibility index (Phi) is 4.67. The van der Waals surface area contributed by atoms with E-state index in [2.05, 4.69) is 26.3 Å². The number of hydrogen-bond acceptors (Lipinski definition) is 2. The van der Waals surface area contributed by atoms with E-state index in [1.807, 2.05) is 6.07 Å². The summed E-state index contributed by atoms with van der Waals surface area (Å²) in [5.41, 5.74) is 0.269. The van der Waals surface area contributed by atoms with E-state index in [1.165, 1.54) is 4.68 Å². The number of carbonyl (C=O) groups is 1. The molecule has 1 aliphatic rings. The molecule has 0 radical (unpaired) electrons. The van der Waals surface area contributed by atoms with Crippen molar-refractivity contribution in [2.45, 2.75) is 37.9 Å². The third-order valence-electron chi connectivity index (χ3n) is 3.77. The van der Waals surface area contributed by atoms with E-state index in [-0.39, 0.29) is 29.3 Å². The smallest absolute Gasteiger partial charge is 0.326 e. The first-order valence-electron chi connectivity index (χ1n) is 7.54. The Labute approximate surface area is 145 Å². The van der Waals surface area contributed by atoms with Gasteiger partial charge in [0.25, 0.3) is 0 Å². The van der Waals surface area contributed by atoms with Gasteiger partial charge in [0, 0.05) is 18.0 Å². The standard InChI is InChI=1S/C16H15BrF3N3O/c17-13-14(10-6-7-10)23(22-15(13)16(18,19)20)9-8-12(24)21-11-4-2-1-3-5-11/h1-5,10H,6-9H2,(H,21,24). The summed E-state index contributed by atoms with van der Waals surface area (Å²) in [5.74, 6) is -0.178. The van der Waals surface area contributed by atoms with Gasteiger partial charge in [-0.25, -0.2) is 0 Å². The number of aryl methyl sites for hydroxylation is 1. The number of rotatable bonds is 5. The van der Waals surface area contributed by atoms with Crippen molar-refractivity contribution >= 4 is 27.5 Å². The molecule has 0 atom stereocenters. The summed E-state index contributed by atoms with van der Waals surface area (Å²) in [6, 6.07) is 8.92. The first-order valence-corrected chi connectivity index (χ1v) is 8.34. The van der Waals surface area contributed by atoms with Crippen LogP contribution in [-0.2, 0) is 17.5 Å². The second-order valence-corrected chi connectivity index (χ2v) is 6.50. The molecule has 0 spiro atoms. The lowest BCUT2D eigenvalue weighted by Gasteiger charge is -2.08. The molecule has 0 saturated heterocycles. The molecule has 1 aromatic carbocycles. The van der Waals surface area contributed by atoms with E-state index in [4.69, 9.17) is 0 Å². The number of alkyl halides is 3. The second-order valence-electron chi connectivity index (χ2n) is 5.71. The highest BCUT2D eigenvalue weighted by molar-refractivity contribution is 9.10. The predicted octanol–water partition coefficient (Wildman–Crippen LogP) is 4.57. The Morgan fingerprint density at radius 3 is 2.54 bits per heavy atom. The van der Waals surface area contributed by atoms with E-state index >= 15 is 0 Å². The van der Waals surface area contributed by atoms with Crippen LogP contribution < -0.4 is 5.32 Å². The normalized spacial score (nSPS) is 14.7. The van der Waals surface area contributed by atoms with E-state index in [9.17, 15) is 18.0 Å². The average Bonchev–Trinajstić information content (AvgIpc) is 3.29. The van der Waals surface area contributed by atoms with Gasteiger partial charge in [0.1, 0.15) is 0 Å². The maximum absolute atomic E-state index is 13.0. The number of amides is 1. The van der Waals surface area contributed by atoms with Crippen LogP contribution >= 0.6 is 15.9 Å². The van der Waals surface area contributed by atoms with Crippen molar-refractivity contribution in [1.82, 2.24) is 9.78 Å². The lowest BCUT2D eigenvalue weighted by atomic mass is 10.2. The van der Waals surface area contributed by atoms with E-state index in [1.54, 1.807) is 24.3 Å². The minimum Gasteiger partial charge on any atom is -0.326 e. The second kappa shape index (κ2) is 6.58. The molecular weight excluding hydrogens is 387 g/mol. The first kappa shape index (κ1) is 17.0. The lowest BCUT2D eigenvalue weighted by Crippen LogP contribution is -2.16. The molecule has 0 bridgehead atoms. The molecule has 1 saturated carbocycles. The van der Waals surface area contributed by atoms with Crippen LogP contribution in [0.15, 0.2) is 34.8 Å². The quantitative estimate of drug-likeness (QED) is 0.797. The third-order valence-corrected chi connectivity index (χ3v) is 4.55. The van der Waals surface area contributed by atoms with Crippen LogP contribution in [0.5, 0.6) is 0 Å². The molecule has 0 aliphatic heterocycles. The molecule has 1 aromatic heterocycles. The van der Waals surface area contributed by atoms with Gasteiger partial charge in [-0.15, -0.1) is 0 Å². The topological polar surface area (TPSA) is 46.9 Å². The van der Waals surface area contributed by atoms with Crippen molar-refractivity contribution < 1.29 is 18.0 Å². The molecule has 1 aliphatic carbocycles. The molecule has 1 N–H and O–H groups in total. The van der Waals surface area contributed by atoms with Gasteiger partial charge < -0.3 is 5.32 Å². The fourth-order valence-corrected chi connectivity index (χ4v) is 3.34. The van der Waals surface area contributed by atoms with Crippen molar-refractivity contribution in [2.24, 2.45) is 0 Å². The van der Waals surface area contributed by atoms with E-state index < -0.39 is 11.9 Å². The van der Waals surface area contributed by atoms with Gasteiger partial charge in [0.05, 0.1) is 16.7 Å². The monoisotopic (exact) mass is 401 g/mol. The molecule has 128 valence electrons. The maximum atomic E-state index is 13.0. The highest BCUT2D eigenvalue weighted by Gasteiger charge is 2.41. The summed E-state index contributed by atoms with van der Waals surface area (Å²) in [4.78, 5) is 12.0. The Morgan fingerprint density at radius 1 is 1.29 bits per heavy atom. The van der Waals surface area contributed by atoms with Crippen molar-refractivity contribution in [3.8, 4) is 0 Å². The molecular formula is C16H15BrF3N3O. The first-order chi connectivity index (χ1) is 11.4.